The van der Waals surface area contributed by atoms with E-state index in [1.54, 1.807) is 0 Å². The van der Waals surface area contributed by atoms with Crippen molar-refractivity contribution in [3.63, 3.8) is 0 Å². The molecule has 3 aliphatic rings. The lowest BCUT2D eigenvalue weighted by molar-refractivity contribution is -0.135. The molecule has 1 saturated carbocycles. The highest BCUT2D eigenvalue weighted by atomic mass is 16.2. The Hall–Kier alpha value is -0.570. The minimum Gasteiger partial charge on any atom is -0.338 e. The van der Waals surface area contributed by atoms with Gasteiger partial charge in [-0.15, -0.1) is 0 Å². The van der Waals surface area contributed by atoms with Crippen LogP contribution in [0.1, 0.15) is 59.3 Å². The van der Waals surface area contributed by atoms with Gasteiger partial charge in [-0.05, 0) is 49.5 Å². The lowest BCUT2D eigenvalue weighted by Crippen LogP contribution is -2.50. The van der Waals surface area contributed by atoms with Gasteiger partial charge in [0.25, 0.3) is 0 Å². The monoisotopic (exact) mass is 264 g/mol. The zero-order chi connectivity index (χ0) is 13.7. The molecule has 0 aromatic carbocycles. The van der Waals surface area contributed by atoms with Crippen molar-refractivity contribution in [2.45, 2.75) is 71.4 Å². The lowest BCUT2D eigenvalue weighted by Gasteiger charge is -2.39. The molecule has 1 N–H and O–H groups in total. The molecule has 0 spiro atoms. The van der Waals surface area contributed by atoms with Crippen LogP contribution in [0.2, 0.25) is 0 Å². The first kappa shape index (κ1) is 13.4. The maximum absolute atomic E-state index is 12.8. The van der Waals surface area contributed by atoms with Crippen LogP contribution in [0.3, 0.4) is 0 Å². The number of hydrogen-bond acceptors (Lipinski definition) is 2. The predicted octanol–water partition coefficient (Wildman–Crippen LogP) is 2.56. The number of amides is 1. The quantitative estimate of drug-likeness (QED) is 0.789. The molecule has 1 amide bonds. The van der Waals surface area contributed by atoms with Crippen molar-refractivity contribution in [1.29, 1.82) is 0 Å². The van der Waals surface area contributed by atoms with Gasteiger partial charge in [0.15, 0.2) is 0 Å². The number of rotatable bonds is 1. The molecule has 3 atom stereocenters. The summed E-state index contributed by atoms with van der Waals surface area (Å²) < 4.78 is 0. The van der Waals surface area contributed by atoms with Crippen LogP contribution in [-0.4, -0.2) is 36.0 Å². The molecule has 0 radical (unpaired) electrons. The Morgan fingerprint density at radius 2 is 2.00 bits per heavy atom. The fraction of sp³-hybridized carbons (Fsp3) is 0.938. The Morgan fingerprint density at radius 1 is 1.21 bits per heavy atom. The topological polar surface area (TPSA) is 32.3 Å². The van der Waals surface area contributed by atoms with Gasteiger partial charge in [-0.1, -0.05) is 27.2 Å². The molecule has 3 rings (SSSR count). The third-order valence-electron chi connectivity index (χ3n) is 5.31. The summed E-state index contributed by atoms with van der Waals surface area (Å²) in [4.78, 5) is 15.0. The van der Waals surface area contributed by atoms with E-state index in [9.17, 15) is 4.79 Å². The molecule has 3 unspecified atom stereocenters. The zero-order valence-electron chi connectivity index (χ0n) is 12.7. The molecular formula is C16H28N2O. The van der Waals surface area contributed by atoms with Crippen LogP contribution in [0.15, 0.2) is 0 Å². The summed E-state index contributed by atoms with van der Waals surface area (Å²) in [6.07, 6.45) is 7.11. The largest absolute Gasteiger partial charge is 0.338 e. The Bertz CT molecular complexity index is 373. The van der Waals surface area contributed by atoms with Gasteiger partial charge in [0.2, 0.25) is 5.91 Å². The molecular weight excluding hydrogens is 236 g/mol. The minimum absolute atomic E-state index is 0.0970. The Morgan fingerprint density at radius 3 is 2.68 bits per heavy atom. The third-order valence-corrected chi connectivity index (χ3v) is 5.31. The van der Waals surface area contributed by atoms with E-state index in [-0.39, 0.29) is 6.04 Å². The first-order valence-corrected chi connectivity index (χ1v) is 7.93. The first-order chi connectivity index (χ1) is 8.89. The summed E-state index contributed by atoms with van der Waals surface area (Å²) >= 11 is 0. The number of hydrogen-bond donors (Lipinski definition) is 1. The third kappa shape index (κ3) is 2.54. The maximum Gasteiger partial charge on any atom is 0.239 e. The van der Waals surface area contributed by atoms with Crippen LogP contribution >= 0.6 is 0 Å². The van der Waals surface area contributed by atoms with E-state index >= 15 is 0 Å². The van der Waals surface area contributed by atoms with Crippen molar-refractivity contribution in [2.24, 2.45) is 10.8 Å². The predicted molar refractivity (Wildman–Crippen MR) is 76.9 cm³/mol. The van der Waals surface area contributed by atoms with Crippen molar-refractivity contribution in [1.82, 2.24) is 10.2 Å². The van der Waals surface area contributed by atoms with E-state index in [4.69, 9.17) is 0 Å². The van der Waals surface area contributed by atoms with Crippen LogP contribution in [0, 0.1) is 10.8 Å². The van der Waals surface area contributed by atoms with Gasteiger partial charge < -0.3 is 10.2 Å². The molecule has 2 aliphatic heterocycles. The highest BCUT2D eigenvalue weighted by Gasteiger charge is 2.51. The van der Waals surface area contributed by atoms with Gasteiger partial charge >= 0.3 is 0 Å². The van der Waals surface area contributed by atoms with Crippen LogP contribution in [-0.2, 0) is 4.79 Å². The van der Waals surface area contributed by atoms with Gasteiger partial charge in [-0.25, -0.2) is 0 Å². The summed E-state index contributed by atoms with van der Waals surface area (Å²) in [5, 5.41) is 3.42. The normalized spacial score (nSPS) is 41.3. The second-order valence-electron chi connectivity index (χ2n) is 8.18. The number of nitrogens with one attached hydrogen (secondary N) is 1. The highest BCUT2D eigenvalue weighted by Crippen LogP contribution is 2.52. The van der Waals surface area contributed by atoms with Crippen molar-refractivity contribution in [2.75, 3.05) is 13.1 Å². The molecule has 19 heavy (non-hydrogen) atoms. The molecule has 3 heteroatoms. The fourth-order valence-corrected chi connectivity index (χ4v) is 4.98. The summed E-state index contributed by atoms with van der Waals surface area (Å²) in [5.74, 6) is 0.381. The number of piperidine rings is 1. The van der Waals surface area contributed by atoms with Gasteiger partial charge in [0.05, 0.1) is 6.04 Å². The zero-order valence-corrected chi connectivity index (χ0v) is 12.7. The summed E-state index contributed by atoms with van der Waals surface area (Å²) in [6, 6.07) is 0.588. The maximum atomic E-state index is 12.8. The van der Waals surface area contributed by atoms with E-state index in [1.807, 2.05) is 0 Å². The van der Waals surface area contributed by atoms with Crippen LogP contribution < -0.4 is 5.32 Å². The number of carbonyl (C=O) groups excluding carboxylic acids is 1. The molecule has 1 aliphatic carbocycles. The second kappa shape index (κ2) is 4.47. The average molecular weight is 264 g/mol. The van der Waals surface area contributed by atoms with E-state index < -0.39 is 0 Å². The molecule has 108 valence electrons. The van der Waals surface area contributed by atoms with Gasteiger partial charge in [0.1, 0.15) is 0 Å². The molecule has 2 saturated heterocycles. The van der Waals surface area contributed by atoms with Gasteiger partial charge in [0, 0.05) is 12.6 Å². The summed E-state index contributed by atoms with van der Waals surface area (Å²) in [5.41, 5.74) is 0.753. The number of likely N-dealkylation sites (tertiary alicyclic amines) is 1. The molecule has 3 fully saturated rings. The van der Waals surface area contributed by atoms with Crippen molar-refractivity contribution >= 4 is 5.91 Å². The number of carbonyl (C=O) groups is 1. The number of nitrogens with zero attached hydrogens (tertiary/aromatic N) is 1. The number of fused-ring (bicyclic) bond motifs is 2. The Kier molecular flexibility index (Phi) is 3.16. The first-order valence-electron chi connectivity index (χ1n) is 7.93. The van der Waals surface area contributed by atoms with Gasteiger partial charge in [-0.3, -0.25) is 4.79 Å². The average Bonchev–Trinajstić information content (AvgIpc) is 2.59. The van der Waals surface area contributed by atoms with Crippen molar-refractivity contribution < 1.29 is 4.79 Å². The van der Waals surface area contributed by atoms with Crippen LogP contribution in [0.4, 0.5) is 0 Å². The second-order valence-corrected chi connectivity index (χ2v) is 8.18. The highest BCUT2D eigenvalue weighted by molar-refractivity contribution is 5.82. The molecule has 0 aromatic rings. The van der Waals surface area contributed by atoms with E-state index in [0.717, 1.165) is 19.5 Å². The fourth-order valence-electron chi connectivity index (χ4n) is 4.98. The van der Waals surface area contributed by atoms with Crippen LogP contribution in [0.25, 0.3) is 0 Å². The molecule has 2 bridgehead atoms. The molecule has 3 nitrogen and oxygen atoms in total. The summed E-state index contributed by atoms with van der Waals surface area (Å²) in [7, 11) is 0. The van der Waals surface area contributed by atoms with E-state index in [0.29, 0.717) is 22.8 Å². The minimum atomic E-state index is 0.0970. The van der Waals surface area contributed by atoms with E-state index in [1.165, 1.54) is 32.1 Å². The Balaban J connectivity index is 1.74. The van der Waals surface area contributed by atoms with E-state index in [2.05, 4.69) is 31.0 Å². The van der Waals surface area contributed by atoms with Crippen molar-refractivity contribution in [3.8, 4) is 0 Å². The SMILES string of the molecule is CC1(C)CC2CC(C)(CN2C(=O)C2CCCCN2)C1. The lowest BCUT2D eigenvalue weighted by atomic mass is 9.65. The van der Waals surface area contributed by atoms with Crippen molar-refractivity contribution in [3.05, 3.63) is 0 Å². The standard InChI is InChI=1S/C16H28N2O/c1-15(2)8-12-9-16(3,10-15)11-18(12)14(19)13-6-4-5-7-17-13/h12-13,17H,4-11H2,1-3H3. The molecule has 2 heterocycles. The summed E-state index contributed by atoms with van der Waals surface area (Å²) in [6.45, 7) is 9.10. The van der Waals surface area contributed by atoms with Gasteiger partial charge in [-0.2, -0.15) is 0 Å². The van der Waals surface area contributed by atoms with Crippen LogP contribution in [0.5, 0.6) is 0 Å². The molecule has 0 aromatic heterocycles. The Labute approximate surface area is 117 Å². The smallest absolute Gasteiger partial charge is 0.239 e.